The van der Waals surface area contributed by atoms with Gasteiger partial charge in [-0.15, -0.1) is 0 Å². The highest BCUT2D eigenvalue weighted by molar-refractivity contribution is 7.79. The van der Waals surface area contributed by atoms with Crippen molar-refractivity contribution in [3.05, 3.63) is 17.7 Å². The van der Waals surface area contributed by atoms with E-state index in [0.29, 0.717) is 23.5 Å². The standard InChI is InChI=1S/C9H14N2O2.H2O4S/c1-13-7-3-2-6(4-5-12)8(10)9(7)11;1-5(2,3)4/h2-3,12H,4-5,10-11H2,1H3;(H2,1,2,3,4). The van der Waals surface area contributed by atoms with Crippen molar-refractivity contribution in [3.8, 4) is 5.75 Å². The fourth-order valence-corrected chi connectivity index (χ4v) is 1.18. The number of benzene rings is 1. The van der Waals surface area contributed by atoms with Crippen molar-refractivity contribution < 1.29 is 27.4 Å². The Balaban J connectivity index is 0.000000494. The Morgan fingerprint density at radius 3 is 2.11 bits per heavy atom. The molecule has 104 valence electrons. The second-order valence-corrected chi connectivity index (χ2v) is 4.07. The minimum atomic E-state index is -4.67. The van der Waals surface area contributed by atoms with E-state index in [-0.39, 0.29) is 6.61 Å². The van der Waals surface area contributed by atoms with Crippen LogP contribution in [0.5, 0.6) is 5.75 Å². The smallest absolute Gasteiger partial charge is 0.394 e. The lowest BCUT2D eigenvalue weighted by atomic mass is 10.1. The molecule has 7 N–H and O–H groups in total. The molecule has 0 spiro atoms. The highest BCUT2D eigenvalue weighted by Crippen LogP contribution is 2.30. The molecule has 0 saturated heterocycles. The van der Waals surface area contributed by atoms with Crippen molar-refractivity contribution >= 4 is 21.8 Å². The summed E-state index contributed by atoms with van der Waals surface area (Å²) >= 11 is 0. The topological polar surface area (TPSA) is 156 Å². The zero-order valence-corrected chi connectivity index (χ0v) is 10.5. The fraction of sp³-hybridized carbons (Fsp3) is 0.333. The molecule has 1 rings (SSSR count). The number of methoxy groups -OCH3 is 1. The molecule has 0 unspecified atom stereocenters. The molecule has 1 aromatic rings. The highest BCUT2D eigenvalue weighted by Gasteiger charge is 2.07. The summed E-state index contributed by atoms with van der Waals surface area (Å²) in [4.78, 5) is 0. The van der Waals surface area contributed by atoms with Crippen LogP contribution in [-0.4, -0.2) is 36.3 Å². The lowest BCUT2D eigenvalue weighted by Gasteiger charge is -2.10. The number of nitrogens with two attached hydrogens (primary N) is 2. The van der Waals surface area contributed by atoms with Crippen molar-refractivity contribution in [2.75, 3.05) is 25.2 Å². The van der Waals surface area contributed by atoms with E-state index in [1.165, 1.54) is 7.11 Å². The Bertz CT molecular complexity index is 480. The normalized spacial score (nSPS) is 10.4. The summed E-state index contributed by atoms with van der Waals surface area (Å²) in [6.07, 6.45) is 0.514. The van der Waals surface area contributed by atoms with Crippen LogP contribution in [0.1, 0.15) is 5.56 Å². The number of hydrogen-bond donors (Lipinski definition) is 5. The molecule has 0 fully saturated rings. The van der Waals surface area contributed by atoms with Crippen molar-refractivity contribution in [2.45, 2.75) is 6.42 Å². The first-order chi connectivity index (χ1) is 8.20. The number of ether oxygens (including phenoxy) is 1. The summed E-state index contributed by atoms with van der Waals surface area (Å²) < 4.78 is 36.6. The number of aliphatic hydroxyl groups excluding tert-OH is 1. The molecule has 0 saturated carbocycles. The number of rotatable bonds is 3. The molecule has 0 aromatic heterocycles. The van der Waals surface area contributed by atoms with Crippen LogP contribution in [0.3, 0.4) is 0 Å². The van der Waals surface area contributed by atoms with E-state index in [2.05, 4.69) is 0 Å². The molecule has 0 amide bonds. The van der Waals surface area contributed by atoms with Gasteiger partial charge in [-0.3, -0.25) is 9.11 Å². The molecule has 9 heteroatoms. The van der Waals surface area contributed by atoms with Gasteiger partial charge in [-0.2, -0.15) is 8.42 Å². The molecule has 18 heavy (non-hydrogen) atoms. The van der Waals surface area contributed by atoms with E-state index in [4.69, 9.17) is 38.8 Å². The van der Waals surface area contributed by atoms with Gasteiger partial charge >= 0.3 is 10.4 Å². The fourth-order valence-electron chi connectivity index (χ4n) is 1.18. The largest absolute Gasteiger partial charge is 0.495 e. The number of anilines is 2. The predicted octanol–water partition coefficient (Wildman–Crippen LogP) is -0.258. The average Bonchev–Trinajstić information content (AvgIpc) is 2.23. The predicted molar refractivity (Wildman–Crippen MR) is 66.8 cm³/mol. The first-order valence-corrected chi connectivity index (χ1v) is 6.12. The first kappa shape index (κ1) is 16.4. The van der Waals surface area contributed by atoms with Gasteiger partial charge in [0.1, 0.15) is 5.75 Å². The van der Waals surface area contributed by atoms with Crippen LogP contribution < -0.4 is 16.2 Å². The minimum Gasteiger partial charge on any atom is -0.495 e. The summed E-state index contributed by atoms with van der Waals surface area (Å²) in [5, 5.41) is 8.73. The van der Waals surface area contributed by atoms with E-state index in [0.717, 1.165) is 5.56 Å². The van der Waals surface area contributed by atoms with E-state index in [1.807, 2.05) is 0 Å². The third-order valence-electron chi connectivity index (χ3n) is 1.94. The first-order valence-electron chi connectivity index (χ1n) is 4.72. The van der Waals surface area contributed by atoms with Crippen molar-refractivity contribution in [1.29, 1.82) is 0 Å². The summed E-state index contributed by atoms with van der Waals surface area (Å²) in [5.74, 6) is 0.569. The zero-order chi connectivity index (χ0) is 14.3. The van der Waals surface area contributed by atoms with Crippen LogP contribution >= 0.6 is 0 Å². The molecule has 1 aromatic carbocycles. The summed E-state index contributed by atoms with van der Waals surface area (Å²) in [5.41, 5.74) is 13.2. The number of nitrogen functional groups attached to an aromatic ring is 2. The SMILES string of the molecule is COc1ccc(CCO)c(N)c1N.O=S(=O)(O)O. The monoisotopic (exact) mass is 280 g/mol. The van der Waals surface area contributed by atoms with Gasteiger partial charge in [0.25, 0.3) is 0 Å². The molecule has 8 nitrogen and oxygen atoms in total. The van der Waals surface area contributed by atoms with E-state index < -0.39 is 10.4 Å². The van der Waals surface area contributed by atoms with Crippen LogP contribution in [0.25, 0.3) is 0 Å². The number of aliphatic hydroxyl groups is 1. The van der Waals surface area contributed by atoms with E-state index in [9.17, 15) is 0 Å². The van der Waals surface area contributed by atoms with Gasteiger partial charge < -0.3 is 21.3 Å². The third kappa shape index (κ3) is 6.25. The summed E-state index contributed by atoms with van der Waals surface area (Å²) in [6.45, 7) is 0.0654. The van der Waals surface area contributed by atoms with Crippen LogP contribution in [-0.2, 0) is 16.8 Å². The van der Waals surface area contributed by atoms with Crippen LogP contribution in [0, 0.1) is 0 Å². The molecule has 0 aliphatic heterocycles. The molecule has 0 radical (unpaired) electrons. The average molecular weight is 280 g/mol. The van der Waals surface area contributed by atoms with Crippen molar-refractivity contribution in [3.63, 3.8) is 0 Å². The summed E-state index contributed by atoms with van der Waals surface area (Å²) in [6, 6.07) is 3.55. The molecule has 0 aliphatic rings. The molecule has 0 heterocycles. The summed E-state index contributed by atoms with van der Waals surface area (Å²) in [7, 11) is -3.13. The Labute approximate surface area is 105 Å². The van der Waals surface area contributed by atoms with Crippen molar-refractivity contribution in [1.82, 2.24) is 0 Å². The zero-order valence-electron chi connectivity index (χ0n) is 9.70. The van der Waals surface area contributed by atoms with Crippen LogP contribution in [0.15, 0.2) is 12.1 Å². The van der Waals surface area contributed by atoms with E-state index >= 15 is 0 Å². The lowest BCUT2D eigenvalue weighted by Crippen LogP contribution is -2.03. The Kier molecular flexibility index (Phi) is 6.41. The van der Waals surface area contributed by atoms with Crippen LogP contribution in [0.2, 0.25) is 0 Å². The second-order valence-electron chi connectivity index (χ2n) is 3.18. The van der Waals surface area contributed by atoms with Crippen molar-refractivity contribution in [2.24, 2.45) is 0 Å². The van der Waals surface area contributed by atoms with Gasteiger partial charge in [0.2, 0.25) is 0 Å². The maximum absolute atomic E-state index is 8.74. The third-order valence-corrected chi connectivity index (χ3v) is 1.94. The van der Waals surface area contributed by atoms with Gasteiger partial charge in [-0.1, -0.05) is 6.07 Å². The van der Waals surface area contributed by atoms with Crippen LogP contribution in [0.4, 0.5) is 11.4 Å². The molecule has 0 bridgehead atoms. The lowest BCUT2D eigenvalue weighted by molar-refractivity contribution is 0.300. The Hall–Kier alpha value is -1.55. The molecular weight excluding hydrogens is 264 g/mol. The van der Waals surface area contributed by atoms with Gasteiger partial charge in [-0.05, 0) is 18.1 Å². The quantitative estimate of drug-likeness (QED) is 0.374. The number of hydrogen-bond acceptors (Lipinski definition) is 6. The van der Waals surface area contributed by atoms with Gasteiger partial charge in [0.15, 0.2) is 0 Å². The minimum absolute atomic E-state index is 0.0654. The highest BCUT2D eigenvalue weighted by atomic mass is 32.3. The van der Waals surface area contributed by atoms with Gasteiger partial charge in [-0.25, -0.2) is 0 Å². The van der Waals surface area contributed by atoms with E-state index in [1.54, 1.807) is 12.1 Å². The maximum Gasteiger partial charge on any atom is 0.394 e. The Morgan fingerprint density at radius 1 is 1.22 bits per heavy atom. The Morgan fingerprint density at radius 2 is 1.72 bits per heavy atom. The van der Waals surface area contributed by atoms with Gasteiger partial charge in [0, 0.05) is 6.61 Å². The molecular formula is C9H16N2O6S. The molecule has 0 atom stereocenters. The molecule has 0 aliphatic carbocycles. The van der Waals surface area contributed by atoms with Gasteiger partial charge in [0.05, 0.1) is 18.5 Å². The second kappa shape index (κ2) is 7.01. The maximum atomic E-state index is 8.74.